The van der Waals surface area contributed by atoms with Crippen LogP contribution in [0.15, 0.2) is 36.4 Å². The van der Waals surface area contributed by atoms with E-state index in [1.165, 1.54) is 11.1 Å². The van der Waals surface area contributed by atoms with Crippen LogP contribution < -0.4 is 9.64 Å². The molecule has 3 heterocycles. The van der Waals surface area contributed by atoms with E-state index in [0.29, 0.717) is 22.8 Å². The van der Waals surface area contributed by atoms with E-state index >= 15 is 0 Å². The Kier molecular flexibility index (Phi) is 5.85. The van der Waals surface area contributed by atoms with Crippen LogP contribution in [0.4, 0.5) is 5.82 Å². The average molecular weight is 476 g/mol. The number of hydrogen-bond donors (Lipinski definition) is 0. The van der Waals surface area contributed by atoms with Gasteiger partial charge in [0.05, 0.1) is 12.0 Å². The molecule has 5 rings (SSSR count). The normalized spacial score (nSPS) is 17.0. The van der Waals surface area contributed by atoms with Crippen molar-refractivity contribution in [1.29, 1.82) is 0 Å². The maximum absolute atomic E-state index is 13.2. The van der Waals surface area contributed by atoms with Crippen LogP contribution in [0, 0.1) is 27.7 Å². The van der Waals surface area contributed by atoms with Gasteiger partial charge in [-0.3, -0.25) is 4.79 Å². The zero-order valence-electron chi connectivity index (χ0n) is 20.2. The van der Waals surface area contributed by atoms with E-state index in [1.807, 2.05) is 32.9 Å². The minimum Gasteiger partial charge on any atom is -0.486 e. The number of aryl methyl sites for hydroxylation is 3. The predicted octanol–water partition coefficient (Wildman–Crippen LogP) is 5.96. The second-order valence-electron chi connectivity index (χ2n) is 9.70. The lowest BCUT2D eigenvalue weighted by Crippen LogP contribution is -2.51. The molecule has 2 aromatic carbocycles. The number of ketones is 1. The Morgan fingerprint density at radius 3 is 2.47 bits per heavy atom. The van der Waals surface area contributed by atoms with Crippen molar-refractivity contribution in [2.45, 2.75) is 59.0 Å². The quantitative estimate of drug-likeness (QED) is 0.468. The van der Waals surface area contributed by atoms with E-state index in [9.17, 15) is 4.79 Å². The molecule has 0 amide bonds. The zero-order chi connectivity index (χ0) is 24.0. The van der Waals surface area contributed by atoms with Gasteiger partial charge in [0.25, 0.3) is 0 Å². The first kappa shape index (κ1) is 22.9. The van der Waals surface area contributed by atoms with Crippen LogP contribution in [0.2, 0.25) is 5.02 Å². The first-order chi connectivity index (χ1) is 16.3. The summed E-state index contributed by atoms with van der Waals surface area (Å²) in [4.78, 5) is 25.0. The summed E-state index contributed by atoms with van der Waals surface area (Å²) in [7, 11) is 0. The van der Waals surface area contributed by atoms with Crippen molar-refractivity contribution in [1.82, 2.24) is 9.97 Å². The lowest BCUT2D eigenvalue weighted by Gasteiger charge is -2.45. The van der Waals surface area contributed by atoms with Gasteiger partial charge in [0, 0.05) is 48.6 Å². The number of nitrogens with zero attached hydrogens (tertiary/aromatic N) is 3. The summed E-state index contributed by atoms with van der Waals surface area (Å²) in [6, 6.07) is 12.4. The minimum atomic E-state index is -0.468. The van der Waals surface area contributed by atoms with Gasteiger partial charge in [0.1, 0.15) is 23.0 Å². The Morgan fingerprint density at radius 2 is 1.76 bits per heavy atom. The van der Waals surface area contributed by atoms with Gasteiger partial charge < -0.3 is 9.64 Å². The van der Waals surface area contributed by atoms with Crippen LogP contribution in [0.3, 0.4) is 0 Å². The molecule has 0 atom stereocenters. The van der Waals surface area contributed by atoms with E-state index in [4.69, 9.17) is 21.3 Å². The second-order valence-corrected chi connectivity index (χ2v) is 10.1. The molecule has 176 valence electrons. The standard InChI is InChI=1S/C28H30ClN3O2/c1-17-14-24-25(18(2)26(17)29)23(33)16-28(34-24)10-12-32(13-11-28)27-22(19(3)30-20(4)31-27)15-21-8-6-5-7-9-21/h5-9,14H,10-13,15-16H2,1-4H3. The Hall–Kier alpha value is -2.92. The Balaban J connectivity index is 1.41. The summed E-state index contributed by atoms with van der Waals surface area (Å²) in [5.74, 6) is 2.60. The topological polar surface area (TPSA) is 55.3 Å². The van der Waals surface area contributed by atoms with Gasteiger partial charge in [-0.05, 0) is 50.5 Å². The maximum atomic E-state index is 13.2. The van der Waals surface area contributed by atoms with Gasteiger partial charge in [-0.25, -0.2) is 9.97 Å². The zero-order valence-corrected chi connectivity index (χ0v) is 21.0. The smallest absolute Gasteiger partial charge is 0.170 e. The molecule has 0 saturated carbocycles. The number of aromatic nitrogens is 2. The first-order valence-corrected chi connectivity index (χ1v) is 12.3. The monoisotopic (exact) mass is 475 g/mol. The Morgan fingerprint density at radius 1 is 1.06 bits per heavy atom. The summed E-state index contributed by atoms with van der Waals surface area (Å²) in [6.07, 6.45) is 2.73. The summed E-state index contributed by atoms with van der Waals surface area (Å²) in [5.41, 5.74) is 5.38. The minimum absolute atomic E-state index is 0.132. The summed E-state index contributed by atoms with van der Waals surface area (Å²) in [5, 5.41) is 0.655. The molecule has 3 aromatic rings. The summed E-state index contributed by atoms with van der Waals surface area (Å²) < 4.78 is 6.57. The van der Waals surface area contributed by atoms with E-state index in [1.54, 1.807) is 0 Å². The largest absolute Gasteiger partial charge is 0.486 e. The van der Waals surface area contributed by atoms with E-state index in [0.717, 1.165) is 60.8 Å². The molecule has 0 aliphatic carbocycles. The van der Waals surface area contributed by atoms with Crippen molar-refractivity contribution in [2.75, 3.05) is 18.0 Å². The number of hydrogen-bond acceptors (Lipinski definition) is 5. The van der Waals surface area contributed by atoms with Crippen LogP contribution in [0.25, 0.3) is 0 Å². The van der Waals surface area contributed by atoms with E-state index in [2.05, 4.69) is 41.1 Å². The van der Waals surface area contributed by atoms with Gasteiger partial charge >= 0.3 is 0 Å². The predicted molar refractivity (Wildman–Crippen MR) is 135 cm³/mol. The fourth-order valence-corrected chi connectivity index (χ4v) is 5.54. The number of Topliss-reactive ketones (excluding diaryl/α,β-unsaturated/α-hetero) is 1. The molecule has 1 fully saturated rings. The third-order valence-corrected chi connectivity index (χ3v) is 7.82. The fraction of sp³-hybridized carbons (Fsp3) is 0.393. The van der Waals surface area contributed by atoms with Crippen molar-refractivity contribution >= 4 is 23.2 Å². The number of fused-ring (bicyclic) bond motifs is 1. The Bertz CT molecular complexity index is 1260. The van der Waals surface area contributed by atoms with Crippen molar-refractivity contribution in [3.05, 3.63) is 80.8 Å². The highest BCUT2D eigenvalue weighted by molar-refractivity contribution is 6.32. The number of carbonyl (C=O) groups excluding carboxylic acids is 1. The second kappa shape index (κ2) is 8.70. The molecule has 5 nitrogen and oxygen atoms in total. The number of halogens is 1. The molecular formula is C28H30ClN3O2. The molecule has 2 aliphatic rings. The average Bonchev–Trinajstić information content (AvgIpc) is 2.80. The fourth-order valence-electron chi connectivity index (χ4n) is 5.39. The van der Waals surface area contributed by atoms with E-state index in [-0.39, 0.29) is 5.78 Å². The number of piperidine rings is 1. The molecule has 34 heavy (non-hydrogen) atoms. The number of anilines is 1. The number of rotatable bonds is 3. The van der Waals surface area contributed by atoms with Crippen LogP contribution in [0.5, 0.6) is 5.75 Å². The van der Waals surface area contributed by atoms with Crippen molar-refractivity contribution < 1.29 is 9.53 Å². The van der Waals surface area contributed by atoms with Crippen molar-refractivity contribution in [3.63, 3.8) is 0 Å². The van der Waals surface area contributed by atoms with Crippen LogP contribution in [0.1, 0.15) is 63.4 Å². The highest BCUT2D eigenvalue weighted by Crippen LogP contribution is 2.43. The third-order valence-electron chi connectivity index (χ3n) is 7.23. The van der Waals surface area contributed by atoms with Gasteiger partial charge in [-0.2, -0.15) is 0 Å². The van der Waals surface area contributed by atoms with Gasteiger partial charge in [-0.1, -0.05) is 41.9 Å². The summed E-state index contributed by atoms with van der Waals surface area (Å²) in [6.45, 7) is 9.45. The third kappa shape index (κ3) is 4.07. The maximum Gasteiger partial charge on any atom is 0.170 e. The molecule has 0 radical (unpaired) electrons. The number of carbonyl (C=O) groups is 1. The summed E-state index contributed by atoms with van der Waals surface area (Å²) >= 11 is 6.42. The molecule has 0 N–H and O–H groups in total. The molecule has 1 saturated heterocycles. The van der Waals surface area contributed by atoms with Gasteiger partial charge in [0.15, 0.2) is 5.78 Å². The van der Waals surface area contributed by atoms with Crippen LogP contribution >= 0.6 is 11.6 Å². The van der Waals surface area contributed by atoms with Crippen molar-refractivity contribution in [2.24, 2.45) is 0 Å². The van der Waals surface area contributed by atoms with Gasteiger partial charge in [-0.15, -0.1) is 0 Å². The van der Waals surface area contributed by atoms with Crippen LogP contribution in [-0.2, 0) is 6.42 Å². The Labute approximate surface area is 206 Å². The number of benzene rings is 2. The number of ether oxygens (including phenoxy) is 1. The van der Waals surface area contributed by atoms with Crippen LogP contribution in [-0.4, -0.2) is 34.4 Å². The molecule has 1 aromatic heterocycles. The molecule has 1 spiro atoms. The molecule has 0 unspecified atom stereocenters. The highest BCUT2D eigenvalue weighted by Gasteiger charge is 2.44. The van der Waals surface area contributed by atoms with Gasteiger partial charge in [0.2, 0.25) is 0 Å². The SMILES string of the molecule is Cc1nc(C)c(Cc2ccccc2)c(N2CCC3(CC2)CC(=O)c2c(cc(C)c(Cl)c2C)O3)n1. The van der Waals surface area contributed by atoms with E-state index < -0.39 is 5.60 Å². The molecule has 0 bridgehead atoms. The lowest BCUT2D eigenvalue weighted by molar-refractivity contribution is 0.0229. The lowest BCUT2D eigenvalue weighted by atomic mass is 9.81. The molecular weight excluding hydrogens is 446 g/mol. The highest BCUT2D eigenvalue weighted by atomic mass is 35.5. The van der Waals surface area contributed by atoms with Crippen molar-refractivity contribution in [3.8, 4) is 5.75 Å². The molecule has 6 heteroatoms. The first-order valence-electron chi connectivity index (χ1n) is 11.9. The molecule has 2 aliphatic heterocycles.